The number of thioether (sulfide) groups is 1. The highest BCUT2D eigenvalue weighted by Gasteiger charge is 2.30. The number of anilines is 1. The van der Waals surface area contributed by atoms with Crippen molar-refractivity contribution < 1.29 is 13.3 Å². The maximum Gasteiger partial charge on any atom is 0.286 e. The molecule has 0 aliphatic carbocycles. The summed E-state index contributed by atoms with van der Waals surface area (Å²) in [7, 11) is -3.75. The van der Waals surface area contributed by atoms with Crippen molar-refractivity contribution in [3.05, 3.63) is 64.2 Å². The van der Waals surface area contributed by atoms with Crippen LogP contribution >= 0.6 is 11.8 Å². The van der Waals surface area contributed by atoms with Crippen molar-refractivity contribution in [3.8, 4) is 0 Å². The van der Waals surface area contributed by atoms with Crippen LogP contribution in [-0.4, -0.2) is 25.1 Å². The highest BCUT2D eigenvalue weighted by Crippen LogP contribution is 2.35. The van der Waals surface area contributed by atoms with Crippen molar-refractivity contribution in [1.82, 2.24) is 0 Å². The smallest absolute Gasteiger partial charge is 0.286 e. The Morgan fingerprint density at radius 3 is 2.69 bits per heavy atom. The lowest BCUT2D eigenvalue weighted by atomic mass is 10.2. The third kappa shape index (κ3) is 3.73. The Kier molecular flexibility index (Phi) is 5.28. The monoisotopic (exact) mass is 391 g/mol. The quantitative estimate of drug-likeness (QED) is 0.568. The first-order valence-electron chi connectivity index (χ1n) is 8.00. The van der Waals surface area contributed by atoms with E-state index in [1.54, 1.807) is 36.4 Å². The maximum atomic E-state index is 12.5. The van der Waals surface area contributed by atoms with Crippen LogP contribution in [0, 0.1) is 10.1 Å². The molecular weight excluding hydrogens is 374 g/mol. The zero-order valence-electron chi connectivity index (χ0n) is 14.0. The fraction of sp³-hybridized carbons (Fsp3) is 0.235. The average molecular weight is 391 g/mol. The summed E-state index contributed by atoms with van der Waals surface area (Å²) in [6.45, 7) is 2.64. The molecule has 1 aliphatic rings. The van der Waals surface area contributed by atoms with Crippen LogP contribution < -0.4 is 4.90 Å². The van der Waals surface area contributed by atoms with Crippen LogP contribution in [0.4, 0.5) is 11.4 Å². The number of nitro groups is 1. The Morgan fingerprint density at radius 1 is 1.19 bits per heavy atom. The van der Waals surface area contributed by atoms with E-state index >= 15 is 0 Å². The van der Waals surface area contributed by atoms with E-state index in [0.29, 0.717) is 23.2 Å². The molecule has 0 bridgehead atoms. The second kappa shape index (κ2) is 7.46. The van der Waals surface area contributed by atoms with Crippen molar-refractivity contribution in [1.29, 1.82) is 0 Å². The summed E-state index contributed by atoms with van der Waals surface area (Å²) in [6, 6.07) is 13.1. The van der Waals surface area contributed by atoms with E-state index < -0.39 is 14.9 Å². The third-order valence-electron chi connectivity index (χ3n) is 3.80. The number of nitrogens with zero attached hydrogens (tertiary/aromatic N) is 3. The van der Waals surface area contributed by atoms with Gasteiger partial charge in [0, 0.05) is 24.4 Å². The molecule has 0 saturated carbocycles. The summed E-state index contributed by atoms with van der Waals surface area (Å²) in [5.41, 5.74) is 1.36. The van der Waals surface area contributed by atoms with E-state index in [2.05, 4.69) is 4.40 Å². The van der Waals surface area contributed by atoms with Crippen molar-refractivity contribution in [3.63, 3.8) is 0 Å². The largest absolute Gasteiger partial charge is 0.319 e. The summed E-state index contributed by atoms with van der Waals surface area (Å²) in [4.78, 5) is 12.5. The van der Waals surface area contributed by atoms with Crippen molar-refractivity contribution in [2.75, 3.05) is 11.4 Å². The first-order valence-corrected chi connectivity index (χ1v) is 10.4. The number of hydrogen-bond donors (Lipinski definition) is 0. The number of amidine groups is 1. The molecule has 2 aromatic carbocycles. The average Bonchev–Trinajstić information content (AvgIpc) is 2.63. The summed E-state index contributed by atoms with van der Waals surface area (Å²) < 4.78 is 28.9. The van der Waals surface area contributed by atoms with Gasteiger partial charge in [-0.15, -0.1) is 4.40 Å². The molecule has 0 radical (unpaired) electrons. The molecule has 136 valence electrons. The lowest BCUT2D eigenvalue weighted by Crippen LogP contribution is -2.34. The van der Waals surface area contributed by atoms with Crippen LogP contribution in [0.1, 0.15) is 18.9 Å². The fourth-order valence-corrected chi connectivity index (χ4v) is 5.08. The Bertz CT molecular complexity index is 973. The Morgan fingerprint density at radius 2 is 1.96 bits per heavy atom. The molecule has 0 spiro atoms. The zero-order chi connectivity index (χ0) is 18.7. The number of nitro benzene ring substituents is 1. The van der Waals surface area contributed by atoms with Gasteiger partial charge in [0.05, 0.1) is 10.6 Å². The molecule has 0 atom stereocenters. The minimum absolute atomic E-state index is 0.0112. The highest BCUT2D eigenvalue weighted by atomic mass is 32.2. The molecule has 26 heavy (non-hydrogen) atoms. The van der Waals surface area contributed by atoms with Crippen LogP contribution in [0.5, 0.6) is 0 Å². The number of rotatable bonds is 5. The highest BCUT2D eigenvalue weighted by molar-refractivity contribution is 8.14. The fourth-order valence-electron chi connectivity index (χ4n) is 2.65. The van der Waals surface area contributed by atoms with Gasteiger partial charge < -0.3 is 4.90 Å². The second-order valence-corrected chi connectivity index (χ2v) is 8.20. The molecule has 2 aromatic rings. The van der Waals surface area contributed by atoms with Gasteiger partial charge in [0.1, 0.15) is 4.90 Å². The van der Waals surface area contributed by atoms with E-state index in [4.69, 9.17) is 0 Å². The molecule has 3 rings (SSSR count). The number of benzene rings is 2. The number of fused-ring (bicyclic) bond motifs is 1. The van der Waals surface area contributed by atoms with Gasteiger partial charge in [-0.25, -0.2) is 0 Å². The van der Waals surface area contributed by atoms with E-state index in [0.717, 1.165) is 12.0 Å². The molecule has 0 unspecified atom stereocenters. The number of non-ortho nitro benzene ring substituents is 1. The molecule has 1 heterocycles. The van der Waals surface area contributed by atoms with E-state index in [-0.39, 0.29) is 10.6 Å². The van der Waals surface area contributed by atoms with Crippen LogP contribution in [0.25, 0.3) is 0 Å². The van der Waals surface area contributed by atoms with Crippen LogP contribution in [0.15, 0.2) is 57.8 Å². The van der Waals surface area contributed by atoms with Crippen LogP contribution in [0.2, 0.25) is 0 Å². The molecule has 1 aliphatic heterocycles. The van der Waals surface area contributed by atoms with Gasteiger partial charge in [-0.3, -0.25) is 10.1 Å². The third-order valence-corrected chi connectivity index (χ3v) is 6.28. The van der Waals surface area contributed by atoms with Crippen LogP contribution in [0.3, 0.4) is 0 Å². The molecule has 7 nitrogen and oxygen atoms in total. The van der Waals surface area contributed by atoms with E-state index in [9.17, 15) is 18.5 Å². The molecular formula is C17H17N3O4S2. The standard InChI is InChI=1S/C17H17N3O4S2/c1-2-10-19-15-8-3-4-9-16(15)26(23,24)18-17(19)25-12-13-6-5-7-14(11-13)20(21)22/h3-9,11H,2,10,12H2,1H3. The number of hydrogen-bond acceptors (Lipinski definition) is 6. The zero-order valence-corrected chi connectivity index (χ0v) is 15.7. The predicted octanol–water partition coefficient (Wildman–Crippen LogP) is 3.80. The number of sulfonamides is 1. The predicted molar refractivity (Wildman–Crippen MR) is 103 cm³/mol. The second-order valence-electron chi connectivity index (χ2n) is 5.68. The summed E-state index contributed by atoms with van der Waals surface area (Å²) in [6.07, 6.45) is 0.824. The lowest BCUT2D eigenvalue weighted by Gasteiger charge is -2.30. The van der Waals surface area contributed by atoms with Gasteiger partial charge in [-0.05, 0) is 24.1 Å². The summed E-state index contributed by atoms with van der Waals surface area (Å²) in [5.74, 6) is 0.387. The minimum Gasteiger partial charge on any atom is -0.319 e. The van der Waals surface area contributed by atoms with Gasteiger partial charge in [0.15, 0.2) is 5.17 Å². The molecule has 0 saturated heterocycles. The molecule has 0 N–H and O–H groups in total. The summed E-state index contributed by atoms with van der Waals surface area (Å²) in [5, 5.41) is 11.3. The first-order chi connectivity index (χ1) is 12.4. The van der Waals surface area contributed by atoms with Gasteiger partial charge in [0.25, 0.3) is 15.7 Å². The van der Waals surface area contributed by atoms with Gasteiger partial charge >= 0.3 is 0 Å². The minimum atomic E-state index is -3.75. The lowest BCUT2D eigenvalue weighted by molar-refractivity contribution is -0.384. The topological polar surface area (TPSA) is 92.9 Å². The van der Waals surface area contributed by atoms with E-state index in [1.165, 1.54) is 23.9 Å². The molecule has 0 fully saturated rings. The normalized spacial score (nSPS) is 15.3. The van der Waals surface area contributed by atoms with Gasteiger partial charge in [-0.2, -0.15) is 8.42 Å². The van der Waals surface area contributed by atoms with Crippen molar-refractivity contribution >= 4 is 38.3 Å². The Hall–Kier alpha value is -2.39. The van der Waals surface area contributed by atoms with E-state index in [1.807, 2.05) is 11.8 Å². The van der Waals surface area contributed by atoms with Gasteiger partial charge in [-0.1, -0.05) is 43.0 Å². The molecule has 9 heteroatoms. The molecule has 0 amide bonds. The van der Waals surface area contributed by atoms with Crippen molar-refractivity contribution in [2.45, 2.75) is 24.0 Å². The Balaban J connectivity index is 1.90. The SMILES string of the molecule is CCCN1C(SCc2cccc([N+](=O)[O-])c2)=NS(=O)(=O)c2ccccc21. The first kappa shape index (κ1) is 18.4. The van der Waals surface area contributed by atoms with Gasteiger partial charge in [0.2, 0.25) is 0 Å². The van der Waals surface area contributed by atoms with Crippen molar-refractivity contribution in [2.24, 2.45) is 4.40 Å². The van der Waals surface area contributed by atoms with Crippen LogP contribution in [-0.2, 0) is 15.8 Å². The molecule has 0 aromatic heterocycles. The number of para-hydroxylation sites is 1. The maximum absolute atomic E-state index is 12.5. The summed E-state index contributed by atoms with van der Waals surface area (Å²) >= 11 is 1.26. The Labute approximate surface area is 155 Å².